The number of rotatable bonds is 2. The van der Waals surface area contributed by atoms with Crippen LogP contribution in [0.5, 0.6) is 0 Å². The van der Waals surface area contributed by atoms with Crippen molar-refractivity contribution < 1.29 is 13.2 Å². The molecule has 3 nitrogen and oxygen atoms in total. The molecule has 0 amide bonds. The summed E-state index contributed by atoms with van der Waals surface area (Å²) >= 11 is 6.55. The molecule has 0 radical (unpaired) electrons. The maximum atomic E-state index is 12.3. The van der Waals surface area contributed by atoms with Crippen molar-refractivity contribution >= 4 is 28.3 Å². The van der Waals surface area contributed by atoms with Gasteiger partial charge in [0.1, 0.15) is 0 Å². The van der Waals surface area contributed by atoms with E-state index in [-0.39, 0.29) is 0 Å². The third-order valence-electron chi connectivity index (χ3n) is 2.77. The summed E-state index contributed by atoms with van der Waals surface area (Å²) in [6.45, 7) is 1.40. The first kappa shape index (κ1) is 12.9. The van der Waals surface area contributed by atoms with E-state index in [9.17, 15) is 13.2 Å². The molecule has 1 aromatic heterocycles. The second-order valence-corrected chi connectivity index (χ2v) is 5.02. The molecule has 1 aromatic rings. The highest BCUT2D eigenvalue weighted by atomic mass is 35.5. The molecule has 0 unspecified atom stereocenters. The predicted molar refractivity (Wildman–Crippen MR) is 60.6 cm³/mol. The Hall–Kier alpha value is -0.560. The Bertz CT molecular complexity index is 374. The molecule has 0 aromatic carbocycles. The van der Waals surface area contributed by atoms with Crippen LogP contribution in [0.3, 0.4) is 0 Å². The number of piperidine rings is 1. The molecule has 8 heteroatoms. The fourth-order valence-electron chi connectivity index (χ4n) is 1.74. The molecule has 0 atom stereocenters. The molecule has 96 valence electrons. The maximum absolute atomic E-state index is 12.3. The lowest BCUT2D eigenvalue weighted by atomic mass is 9.99. The van der Waals surface area contributed by atoms with E-state index in [2.05, 4.69) is 9.36 Å². The standard InChI is InChI=1S/C9H11ClF3N3S/c10-5-6-1-3-16(4-2-6)8-14-7(15-17-8)9(11,12)13/h6H,1-5H2. The number of hydrogen-bond acceptors (Lipinski definition) is 4. The molecule has 1 saturated heterocycles. The minimum Gasteiger partial charge on any atom is -0.347 e. The second kappa shape index (κ2) is 4.97. The summed E-state index contributed by atoms with van der Waals surface area (Å²) in [5.74, 6) is 0.0255. The van der Waals surface area contributed by atoms with E-state index in [0.717, 1.165) is 24.4 Å². The minimum atomic E-state index is -4.46. The summed E-state index contributed by atoms with van der Waals surface area (Å²) in [5, 5.41) is 0.352. The quantitative estimate of drug-likeness (QED) is 0.782. The number of alkyl halides is 4. The molecule has 0 saturated carbocycles. The first-order valence-electron chi connectivity index (χ1n) is 5.22. The molecule has 1 fully saturated rings. The van der Waals surface area contributed by atoms with Gasteiger partial charge in [0.15, 0.2) is 0 Å². The average Bonchev–Trinajstić information content (AvgIpc) is 2.78. The molecule has 1 aliphatic heterocycles. The van der Waals surface area contributed by atoms with Crippen LogP contribution < -0.4 is 4.90 Å². The molecule has 0 N–H and O–H groups in total. The summed E-state index contributed by atoms with van der Waals surface area (Å²) in [4.78, 5) is 5.37. The van der Waals surface area contributed by atoms with Crippen LogP contribution in [0.15, 0.2) is 0 Å². The number of nitrogens with zero attached hydrogens (tertiary/aromatic N) is 3. The van der Waals surface area contributed by atoms with Crippen LogP contribution >= 0.6 is 23.1 Å². The zero-order valence-electron chi connectivity index (χ0n) is 8.87. The van der Waals surface area contributed by atoms with Gasteiger partial charge in [-0.05, 0) is 18.8 Å². The normalized spacial score (nSPS) is 18.7. The van der Waals surface area contributed by atoms with Gasteiger partial charge in [0, 0.05) is 30.5 Å². The Morgan fingerprint density at radius 1 is 1.35 bits per heavy atom. The summed E-state index contributed by atoms with van der Waals surface area (Å²) in [7, 11) is 0. The van der Waals surface area contributed by atoms with Crippen molar-refractivity contribution in [3.05, 3.63) is 5.82 Å². The molecule has 17 heavy (non-hydrogen) atoms. The SMILES string of the molecule is FC(F)(F)c1nsc(N2CCC(CCl)CC2)n1. The molecule has 2 heterocycles. The Balaban J connectivity index is 2.02. The Kier molecular flexibility index (Phi) is 3.77. The van der Waals surface area contributed by atoms with Crippen molar-refractivity contribution in [3.8, 4) is 0 Å². The van der Waals surface area contributed by atoms with Gasteiger partial charge in [0.25, 0.3) is 0 Å². The van der Waals surface area contributed by atoms with Crippen LogP contribution in [-0.4, -0.2) is 28.3 Å². The molecule has 0 aliphatic carbocycles. The average molecular weight is 286 g/mol. The van der Waals surface area contributed by atoms with Gasteiger partial charge in [-0.15, -0.1) is 11.6 Å². The first-order chi connectivity index (χ1) is 8.00. The van der Waals surface area contributed by atoms with E-state index < -0.39 is 12.0 Å². The van der Waals surface area contributed by atoms with Crippen molar-refractivity contribution in [1.82, 2.24) is 9.36 Å². The number of aromatic nitrogens is 2. The number of hydrogen-bond donors (Lipinski definition) is 0. The van der Waals surface area contributed by atoms with Gasteiger partial charge < -0.3 is 4.90 Å². The van der Waals surface area contributed by atoms with E-state index in [1.807, 2.05) is 4.90 Å². The Morgan fingerprint density at radius 2 is 2.00 bits per heavy atom. The highest BCUT2D eigenvalue weighted by Gasteiger charge is 2.36. The number of anilines is 1. The van der Waals surface area contributed by atoms with Crippen LogP contribution in [0.25, 0.3) is 0 Å². The number of halogens is 4. The lowest BCUT2D eigenvalue weighted by Crippen LogP contribution is -2.34. The van der Waals surface area contributed by atoms with E-state index >= 15 is 0 Å². The second-order valence-electron chi connectivity index (χ2n) is 3.98. The maximum Gasteiger partial charge on any atom is 0.452 e. The van der Waals surface area contributed by atoms with Crippen LogP contribution in [0.4, 0.5) is 18.3 Å². The molecule has 0 bridgehead atoms. The summed E-state index contributed by atoms with van der Waals surface area (Å²) < 4.78 is 40.3. The van der Waals surface area contributed by atoms with E-state index in [1.54, 1.807) is 0 Å². The summed E-state index contributed by atoms with van der Waals surface area (Å²) in [6.07, 6.45) is -2.67. The van der Waals surface area contributed by atoms with Gasteiger partial charge in [0.05, 0.1) is 0 Å². The van der Waals surface area contributed by atoms with E-state index in [4.69, 9.17) is 11.6 Å². The van der Waals surface area contributed by atoms with Crippen LogP contribution in [-0.2, 0) is 6.18 Å². The largest absolute Gasteiger partial charge is 0.452 e. The monoisotopic (exact) mass is 285 g/mol. The van der Waals surface area contributed by atoms with Crippen molar-refractivity contribution in [1.29, 1.82) is 0 Å². The molecular weight excluding hydrogens is 275 g/mol. The smallest absolute Gasteiger partial charge is 0.347 e. The molecule has 0 spiro atoms. The van der Waals surface area contributed by atoms with Gasteiger partial charge in [0.2, 0.25) is 11.0 Å². The molecule has 1 aliphatic rings. The topological polar surface area (TPSA) is 29.0 Å². The van der Waals surface area contributed by atoms with Crippen molar-refractivity contribution in [2.24, 2.45) is 5.92 Å². The van der Waals surface area contributed by atoms with Gasteiger partial charge in [-0.1, -0.05) is 0 Å². The molecular formula is C9H11ClF3N3S. The van der Waals surface area contributed by atoms with Gasteiger partial charge in [-0.3, -0.25) is 0 Å². The van der Waals surface area contributed by atoms with Crippen LogP contribution in [0, 0.1) is 5.92 Å². The van der Waals surface area contributed by atoms with Crippen molar-refractivity contribution in [2.45, 2.75) is 19.0 Å². The zero-order valence-corrected chi connectivity index (χ0v) is 10.4. The van der Waals surface area contributed by atoms with Crippen molar-refractivity contribution in [2.75, 3.05) is 23.9 Å². The fourth-order valence-corrected chi connectivity index (χ4v) is 2.78. The van der Waals surface area contributed by atoms with Gasteiger partial charge >= 0.3 is 6.18 Å². The minimum absolute atomic E-state index is 0.352. The van der Waals surface area contributed by atoms with E-state index in [0.29, 0.717) is 30.0 Å². The highest BCUT2D eigenvalue weighted by Crippen LogP contribution is 2.31. The lowest BCUT2D eigenvalue weighted by molar-refractivity contribution is -0.144. The van der Waals surface area contributed by atoms with Gasteiger partial charge in [-0.25, -0.2) is 0 Å². The van der Waals surface area contributed by atoms with Gasteiger partial charge in [-0.2, -0.15) is 22.5 Å². The highest BCUT2D eigenvalue weighted by molar-refractivity contribution is 7.09. The summed E-state index contributed by atoms with van der Waals surface area (Å²) in [6, 6.07) is 0. The zero-order chi connectivity index (χ0) is 12.5. The predicted octanol–water partition coefficient (Wildman–Crippen LogP) is 3.01. The third-order valence-corrected chi connectivity index (χ3v) is 3.99. The summed E-state index contributed by atoms with van der Waals surface area (Å²) in [5.41, 5.74) is 0. The fraction of sp³-hybridized carbons (Fsp3) is 0.778. The first-order valence-corrected chi connectivity index (χ1v) is 6.53. The van der Waals surface area contributed by atoms with Crippen LogP contribution in [0.1, 0.15) is 18.7 Å². The third kappa shape index (κ3) is 3.01. The van der Waals surface area contributed by atoms with Crippen LogP contribution in [0.2, 0.25) is 0 Å². The molecule has 2 rings (SSSR count). The Labute approximate surface area is 106 Å². The van der Waals surface area contributed by atoms with E-state index in [1.165, 1.54) is 0 Å². The van der Waals surface area contributed by atoms with Crippen molar-refractivity contribution in [3.63, 3.8) is 0 Å². The lowest BCUT2D eigenvalue weighted by Gasteiger charge is -2.30. The Morgan fingerprint density at radius 3 is 2.47 bits per heavy atom.